The first-order valence-corrected chi connectivity index (χ1v) is 11.1. The van der Waals surface area contributed by atoms with Crippen LogP contribution in [0.5, 0.6) is 0 Å². The average Bonchev–Trinajstić information content (AvgIpc) is 3.14. The minimum atomic E-state index is -1.22. The van der Waals surface area contributed by atoms with E-state index < -0.39 is 11.4 Å². The van der Waals surface area contributed by atoms with E-state index in [1.807, 2.05) is 4.90 Å². The largest absolute Gasteiger partial charge is 0.379 e. The van der Waals surface area contributed by atoms with Gasteiger partial charge in [-0.25, -0.2) is 0 Å². The Kier molecular flexibility index (Phi) is 6.07. The van der Waals surface area contributed by atoms with Crippen LogP contribution in [-0.2, 0) is 14.3 Å². The summed E-state index contributed by atoms with van der Waals surface area (Å²) in [5, 5.41) is 11.2. The number of nitrogens with zero attached hydrogens (tertiary/aromatic N) is 2. The van der Waals surface area contributed by atoms with E-state index in [0.717, 1.165) is 57.8 Å². The maximum atomic E-state index is 13.0. The Morgan fingerprint density at radius 1 is 0.963 bits per heavy atom. The molecule has 6 heteroatoms. The zero-order valence-corrected chi connectivity index (χ0v) is 16.7. The Hall–Kier alpha value is -0.690. The predicted octanol–water partition coefficient (Wildman–Crippen LogP) is 2.15. The van der Waals surface area contributed by atoms with Crippen LogP contribution >= 0.6 is 0 Å². The molecule has 0 bridgehead atoms. The van der Waals surface area contributed by atoms with Crippen LogP contribution in [0.25, 0.3) is 0 Å². The van der Waals surface area contributed by atoms with Crippen molar-refractivity contribution in [1.82, 2.24) is 9.80 Å². The molecule has 0 aromatic carbocycles. The molecule has 3 aliphatic heterocycles. The molecule has 1 aliphatic carbocycles. The van der Waals surface area contributed by atoms with Crippen molar-refractivity contribution in [3.05, 3.63) is 0 Å². The fraction of sp³-hybridized carbons (Fsp3) is 0.952. The average molecular weight is 381 g/mol. The van der Waals surface area contributed by atoms with Crippen molar-refractivity contribution in [2.24, 2.45) is 5.92 Å². The highest BCUT2D eigenvalue weighted by Crippen LogP contribution is 2.33. The fourth-order valence-corrected chi connectivity index (χ4v) is 5.45. The number of ether oxygens (including phenoxy) is 2. The van der Waals surface area contributed by atoms with E-state index >= 15 is 0 Å². The third-order valence-electron chi connectivity index (χ3n) is 7.15. The Bertz CT molecular complexity index is 506. The van der Waals surface area contributed by atoms with Gasteiger partial charge in [0.15, 0.2) is 11.4 Å². The molecule has 0 radical (unpaired) electrons. The molecule has 6 nitrogen and oxygen atoms in total. The Morgan fingerprint density at radius 3 is 2.37 bits per heavy atom. The van der Waals surface area contributed by atoms with Crippen LogP contribution in [0.3, 0.4) is 0 Å². The molecular weight excluding hydrogens is 344 g/mol. The van der Waals surface area contributed by atoms with Gasteiger partial charge in [-0.3, -0.25) is 9.69 Å². The number of carbonyl (C=O) groups excluding carboxylic acids is 1. The van der Waals surface area contributed by atoms with E-state index in [2.05, 4.69) is 4.90 Å². The fourth-order valence-electron chi connectivity index (χ4n) is 5.45. The minimum absolute atomic E-state index is 0.0433. The van der Waals surface area contributed by atoms with Gasteiger partial charge in [0, 0.05) is 45.6 Å². The van der Waals surface area contributed by atoms with E-state index in [0.29, 0.717) is 26.2 Å². The molecule has 27 heavy (non-hydrogen) atoms. The smallest absolute Gasteiger partial charge is 0.255 e. The van der Waals surface area contributed by atoms with Gasteiger partial charge < -0.3 is 19.5 Å². The standard InChI is InChI=1S/C21H36N2O4/c24-19-20(25,17-22-13-9-21(10-14-22)26-15-16-27-21)8-4-11-23(19)12-7-18-5-2-1-3-6-18/h18,25H,1-17H2/t20-/m0/s1. The highest BCUT2D eigenvalue weighted by Gasteiger charge is 2.46. The molecule has 1 amide bonds. The van der Waals surface area contributed by atoms with Crippen molar-refractivity contribution in [2.45, 2.75) is 75.6 Å². The van der Waals surface area contributed by atoms with Crippen LogP contribution in [0.4, 0.5) is 0 Å². The second kappa shape index (κ2) is 8.36. The molecular formula is C21H36N2O4. The topological polar surface area (TPSA) is 62.2 Å². The molecule has 154 valence electrons. The van der Waals surface area contributed by atoms with Crippen molar-refractivity contribution in [1.29, 1.82) is 0 Å². The maximum Gasteiger partial charge on any atom is 0.255 e. The molecule has 1 atom stereocenters. The normalized spacial score (nSPS) is 33.1. The predicted molar refractivity (Wildman–Crippen MR) is 102 cm³/mol. The van der Waals surface area contributed by atoms with E-state index in [-0.39, 0.29) is 5.91 Å². The van der Waals surface area contributed by atoms with Gasteiger partial charge in [0.1, 0.15) is 0 Å². The van der Waals surface area contributed by atoms with Gasteiger partial charge in [0.2, 0.25) is 0 Å². The van der Waals surface area contributed by atoms with Crippen LogP contribution in [0.2, 0.25) is 0 Å². The SMILES string of the molecule is O=C1N(CCC2CCCCC2)CCC[C@]1(O)CN1CCC2(CC1)OCCO2. The molecule has 0 unspecified atom stereocenters. The van der Waals surface area contributed by atoms with E-state index in [9.17, 15) is 9.90 Å². The first-order chi connectivity index (χ1) is 13.1. The molecule has 0 aromatic heterocycles. The summed E-state index contributed by atoms with van der Waals surface area (Å²) in [4.78, 5) is 17.2. The number of likely N-dealkylation sites (tertiary alicyclic amines) is 2. The van der Waals surface area contributed by atoms with E-state index in [4.69, 9.17) is 9.47 Å². The van der Waals surface area contributed by atoms with Crippen molar-refractivity contribution in [3.8, 4) is 0 Å². The van der Waals surface area contributed by atoms with Crippen molar-refractivity contribution in [3.63, 3.8) is 0 Å². The number of carbonyl (C=O) groups is 1. The molecule has 0 aromatic rings. The lowest BCUT2D eigenvalue weighted by Crippen LogP contribution is -2.60. The summed E-state index contributed by atoms with van der Waals surface area (Å²) >= 11 is 0. The molecule has 1 saturated carbocycles. The lowest BCUT2D eigenvalue weighted by Gasteiger charge is -2.44. The van der Waals surface area contributed by atoms with Crippen molar-refractivity contribution < 1.29 is 19.4 Å². The molecule has 3 saturated heterocycles. The Labute approximate surface area is 163 Å². The van der Waals surface area contributed by atoms with Gasteiger partial charge in [0.05, 0.1) is 13.2 Å². The summed E-state index contributed by atoms with van der Waals surface area (Å²) in [5.41, 5.74) is -1.22. The van der Waals surface area contributed by atoms with Gasteiger partial charge in [-0.15, -0.1) is 0 Å². The number of piperidine rings is 2. The van der Waals surface area contributed by atoms with E-state index in [1.54, 1.807) is 0 Å². The quantitative estimate of drug-likeness (QED) is 0.792. The minimum Gasteiger partial charge on any atom is -0.379 e. The summed E-state index contributed by atoms with van der Waals surface area (Å²) in [6, 6.07) is 0. The van der Waals surface area contributed by atoms with Crippen LogP contribution in [-0.4, -0.2) is 78.1 Å². The summed E-state index contributed by atoms with van der Waals surface area (Å²) in [6.07, 6.45) is 10.9. The summed E-state index contributed by atoms with van der Waals surface area (Å²) < 4.78 is 11.6. The lowest BCUT2D eigenvalue weighted by atomic mass is 9.86. The monoisotopic (exact) mass is 380 g/mol. The van der Waals surface area contributed by atoms with Gasteiger partial charge in [-0.05, 0) is 25.2 Å². The van der Waals surface area contributed by atoms with Crippen molar-refractivity contribution in [2.75, 3.05) is 45.9 Å². The molecule has 4 fully saturated rings. The molecule has 1 spiro atoms. The number of rotatable bonds is 5. The third kappa shape index (κ3) is 4.50. The van der Waals surface area contributed by atoms with Gasteiger partial charge >= 0.3 is 0 Å². The summed E-state index contributed by atoms with van der Waals surface area (Å²) in [6.45, 7) is 5.06. The zero-order chi connectivity index (χ0) is 18.7. The number of hydrogen-bond acceptors (Lipinski definition) is 5. The summed E-state index contributed by atoms with van der Waals surface area (Å²) in [5.74, 6) is 0.325. The number of hydrogen-bond donors (Lipinski definition) is 1. The first-order valence-electron chi connectivity index (χ1n) is 11.1. The maximum absolute atomic E-state index is 13.0. The van der Waals surface area contributed by atoms with Crippen molar-refractivity contribution >= 4 is 5.91 Å². The molecule has 3 heterocycles. The third-order valence-corrected chi connectivity index (χ3v) is 7.15. The summed E-state index contributed by atoms with van der Waals surface area (Å²) in [7, 11) is 0. The van der Waals surface area contributed by atoms with Crippen LogP contribution in [0, 0.1) is 5.92 Å². The zero-order valence-electron chi connectivity index (χ0n) is 16.7. The molecule has 4 rings (SSSR count). The van der Waals surface area contributed by atoms with Gasteiger partial charge in [-0.1, -0.05) is 32.1 Å². The van der Waals surface area contributed by atoms with Crippen LogP contribution < -0.4 is 0 Å². The van der Waals surface area contributed by atoms with Gasteiger partial charge in [-0.2, -0.15) is 0 Å². The Balaban J connectivity index is 1.28. The lowest BCUT2D eigenvalue weighted by molar-refractivity contribution is -0.190. The number of amides is 1. The van der Waals surface area contributed by atoms with Crippen LogP contribution in [0.15, 0.2) is 0 Å². The van der Waals surface area contributed by atoms with Gasteiger partial charge in [0.25, 0.3) is 5.91 Å². The second-order valence-corrected chi connectivity index (χ2v) is 9.10. The number of aliphatic hydroxyl groups is 1. The molecule has 1 N–H and O–H groups in total. The number of β-amino-alcohol motifs (C(OH)–C–C–N with tert-alkyl or cyclic N) is 1. The van der Waals surface area contributed by atoms with Crippen LogP contribution in [0.1, 0.15) is 64.2 Å². The second-order valence-electron chi connectivity index (χ2n) is 9.10. The Morgan fingerprint density at radius 2 is 1.67 bits per heavy atom. The highest BCUT2D eigenvalue weighted by molar-refractivity contribution is 5.86. The molecule has 4 aliphatic rings. The highest BCUT2D eigenvalue weighted by atomic mass is 16.7. The first kappa shape index (κ1) is 19.6. The van der Waals surface area contributed by atoms with E-state index in [1.165, 1.54) is 32.1 Å².